The van der Waals surface area contributed by atoms with Crippen LogP contribution in [0.1, 0.15) is 48.8 Å². The molecule has 2 amide bonds. The molecule has 4 rings (SSSR count). The molecule has 2 N–H and O–H groups in total. The second-order valence-corrected chi connectivity index (χ2v) is 7.87. The highest BCUT2D eigenvalue weighted by molar-refractivity contribution is 5.74. The van der Waals surface area contributed by atoms with Gasteiger partial charge in [-0.15, -0.1) is 0 Å². The number of urea groups is 1. The summed E-state index contributed by atoms with van der Waals surface area (Å²) in [6.45, 7) is 6.21. The van der Waals surface area contributed by atoms with Gasteiger partial charge >= 0.3 is 6.03 Å². The Hall–Kier alpha value is -2.57. The molecule has 1 atom stereocenters. The van der Waals surface area contributed by atoms with Crippen LogP contribution in [0.25, 0.3) is 0 Å². The number of aromatic amines is 1. The normalized spacial score (nSPS) is 19.4. The molecule has 0 aliphatic carbocycles. The maximum atomic E-state index is 12.6. The molecule has 7 heteroatoms. The molecule has 0 spiro atoms. The molecule has 3 heterocycles. The Kier molecular flexibility index (Phi) is 5.78. The summed E-state index contributed by atoms with van der Waals surface area (Å²) in [6.07, 6.45) is 5.37. The number of rotatable bonds is 5. The van der Waals surface area contributed by atoms with Crippen LogP contribution in [0.5, 0.6) is 0 Å². The molecule has 1 fully saturated rings. The number of aromatic nitrogens is 3. The highest BCUT2D eigenvalue weighted by Crippen LogP contribution is 2.27. The minimum Gasteiger partial charge on any atom is -0.371 e. The number of amides is 2. The van der Waals surface area contributed by atoms with Gasteiger partial charge in [0, 0.05) is 44.3 Å². The molecule has 0 saturated carbocycles. The Balaban J connectivity index is 1.23. The van der Waals surface area contributed by atoms with Gasteiger partial charge in [-0.2, -0.15) is 5.10 Å². The van der Waals surface area contributed by atoms with Crippen LogP contribution in [0, 0.1) is 6.92 Å². The van der Waals surface area contributed by atoms with Crippen molar-refractivity contribution in [2.45, 2.75) is 44.9 Å². The zero-order valence-corrected chi connectivity index (χ0v) is 16.7. The van der Waals surface area contributed by atoms with E-state index in [1.165, 1.54) is 24.1 Å². The molecule has 28 heavy (non-hydrogen) atoms. The molecule has 2 aliphatic rings. The molecule has 1 aromatic carbocycles. The van der Waals surface area contributed by atoms with E-state index in [2.05, 4.69) is 49.7 Å². The molecule has 0 unspecified atom stereocenters. The SMILES string of the molecule is Cc1nc([C@H]2CCCN(C(=O)NCCCN3CCCc4ccccc43)C2)n[nH]1. The first-order chi connectivity index (χ1) is 13.7. The number of carbonyl (C=O) groups excluding carboxylic acids is 1. The van der Waals surface area contributed by atoms with Crippen molar-refractivity contribution < 1.29 is 4.79 Å². The van der Waals surface area contributed by atoms with Gasteiger partial charge < -0.3 is 15.1 Å². The Labute approximate surface area is 166 Å². The number of nitrogens with zero attached hydrogens (tertiary/aromatic N) is 4. The Morgan fingerprint density at radius 3 is 3.04 bits per heavy atom. The summed E-state index contributed by atoms with van der Waals surface area (Å²) in [7, 11) is 0. The zero-order valence-electron chi connectivity index (χ0n) is 16.7. The number of anilines is 1. The van der Waals surface area contributed by atoms with E-state index in [0.29, 0.717) is 13.1 Å². The van der Waals surface area contributed by atoms with Crippen LogP contribution in [0.2, 0.25) is 0 Å². The van der Waals surface area contributed by atoms with E-state index in [0.717, 1.165) is 50.5 Å². The quantitative estimate of drug-likeness (QED) is 0.780. The fraction of sp³-hybridized carbons (Fsp3) is 0.571. The first-order valence-electron chi connectivity index (χ1n) is 10.5. The Morgan fingerprint density at radius 2 is 2.18 bits per heavy atom. The summed E-state index contributed by atoms with van der Waals surface area (Å²) in [5, 5.41) is 10.3. The maximum Gasteiger partial charge on any atom is 0.317 e. The summed E-state index contributed by atoms with van der Waals surface area (Å²) < 4.78 is 0. The van der Waals surface area contributed by atoms with Gasteiger partial charge in [0.05, 0.1) is 0 Å². The monoisotopic (exact) mass is 382 g/mol. The molecule has 1 saturated heterocycles. The van der Waals surface area contributed by atoms with Crippen LogP contribution in [0.15, 0.2) is 24.3 Å². The van der Waals surface area contributed by atoms with Crippen molar-refractivity contribution in [3.8, 4) is 0 Å². The fourth-order valence-electron chi connectivity index (χ4n) is 4.34. The predicted molar refractivity (Wildman–Crippen MR) is 110 cm³/mol. The van der Waals surface area contributed by atoms with Crippen LogP contribution in [-0.2, 0) is 6.42 Å². The Bertz CT molecular complexity index is 804. The van der Waals surface area contributed by atoms with Crippen molar-refractivity contribution in [3.05, 3.63) is 41.5 Å². The van der Waals surface area contributed by atoms with E-state index in [9.17, 15) is 4.79 Å². The van der Waals surface area contributed by atoms with Crippen molar-refractivity contribution in [1.29, 1.82) is 0 Å². The lowest BCUT2D eigenvalue weighted by molar-refractivity contribution is 0.178. The van der Waals surface area contributed by atoms with E-state index in [1.54, 1.807) is 0 Å². The number of hydrogen-bond donors (Lipinski definition) is 2. The van der Waals surface area contributed by atoms with Crippen LogP contribution >= 0.6 is 0 Å². The largest absolute Gasteiger partial charge is 0.371 e. The van der Waals surface area contributed by atoms with Gasteiger partial charge in [0.15, 0.2) is 5.82 Å². The number of benzene rings is 1. The smallest absolute Gasteiger partial charge is 0.317 e. The number of aryl methyl sites for hydroxylation is 2. The number of H-pyrrole nitrogens is 1. The van der Waals surface area contributed by atoms with Crippen molar-refractivity contribution in [1.82, 2.24) is 25.4 Å². The average Bonchev–Trinajstić information content (AvgIpc) is 3.17. The number of hydrogen-bond acceptors (Lipinski definition) is 4. The first kappa shape index (κ1) is 18.8. The van der Waals surface area contributed by atoms with Gasteiger partial charge in [0.2, 0.25) is 0 Å². The van der Waals surface area contributed by atoms with Gasteiger partial charge in [-0.25, -0.2) is 9.78 Å². The number of fused-ring (bicyclic) bond motifs is 1. The standard InChI is InChI=1S/C21H30N6O/c1-16-23-20(25-24-16)18-9-5-13-27(15-18)21(28)22-11-6-14-26-12-4-8-17-7-2-3-10-19(17)26/h2-3,7,10,18H,4-6,8-9,11-15H2,1H3,(H,22,28)(H,23,24,25)/t18-/m0/s1. The second kappa shape index (κ2) is 8.63. The van der Waals surface area contributed by atoms with E-state index in [1.807, 2.05) is 11.8 Å². The third kappa shape index (κ3) is 4.29. The number of para-hydroxylation sites is 1. The van der Waals surface area contributed by atoms with E-state index in [4.69, 9.17) is 0 Å². The summed E-state index contributed by atoms with van der Waals surface area (Å²) in [4.78, 5) is 21.4. The van der Waals surface area contributed by atoms with Crippen LogP contribution in [0.3, 0.4) is 0 Å². The second-order valence-electron chi connectivity index (χ2n) is 7.87. The van der Waals surface area contributed by atoms with Gasteiger partial charge in [0.25, 0.3) is 0 Å². The van der Waals surface area contributed by atoms with Gasteiger partial charge in [-0.1, -0.05) is 18.2 Å². The molecule has 0 bridgehead atoms. The van der Waals surface area contributed by atoms with E-state index >= 15 is 0 Å². The molecular weight excluding hydrogens is 352 g/mol. The van der Waals surface area contributed by atoms with E-state index in [-0.39, 0.29) is 11.9 Å². The average molecular weight is 383 g/mol. The molecule has 150 valence electrons. The van der Waals surface area contributed by atoms with Crippen molar-refractivity contribution in [2.24, 2.45) is 0 Å². The first-order valence-corrected chi connectivity index (χ1v) is 10.5. The third-order valence-electron chi connectivity index (χ3n) is 5.78. The third-order valence-corrected chi connectivity index (χ3v) is 5.78. The van der Waals surface area contributed by atoms with Gasteiger partial charge in [-0.05, 0) is 50.7 Å². The van der Waals surface area contributed by atoms with Crippen molar-refractivity contribution in [3.63, 3.8) is 0 Å². The summed E-state index contributed by atoms with van der Waals surface area (Å²) >= 11 is 0. The lowest BCUT2D eigenvalue weighted by atomic mass is 9.98. The number of piperidine rings is 1. The molecule has 2 aromatic rings. The molecular formula is C21H30N6O. The van der Waals surface area contributed by atoms with Crippen LogP contribution < -0.4 is 10.2 Å². The molecule has 0 radical (unpaired) electrons. The van der Waals surface area contributed by atoms with Crippen molar-refractivity contribution in [2.75, 3.05) is 37.6 Å². The van der Waals surface area contributed by atoms with Gasteiger partial charge in [-0.3, -0.25) is 5.10 Å². The summed E-state index contributed by atoms with van der Waals surface area (Å²) in [5.74, 6) is 1.89. The highest BCUT2D eigenvalue weighted by Gasteiger charge is 2.27. The zero-order chi connectivity index (χ0) is 19.3. The lowest BCUT2D eigenvalue weighted by Crippen LogP contribution is -2.45. The summed E-state index contributed by atoms with van der Waals surface area (Å²) in [5.41, 5.74) is 2.81. The minimum atomic E-state index is 0.0380. The number of nitrogens with one attached hydrogen (secondary N) is 2. The summed E-state index contributed by atoms with van der Waals surface area (Å²) in [6, 6.07) is 8.71. The maximum absolute atomic E-state index is 12.6. The minimum absolute atomic E-state index is 0.0380. The van der Waals surface area contributed by atoms with Crippen molar-refractivity contribution >= 4 is 11.7 Å². The highest BCUT2D eigenvalue weighted by atomic mass is 16.2. The van der Waals surface area contributed by atoms with Crippen LogP contribution in [0.4, 0.5) is 10.5 Å². The molecule has 7 nitrogen and oxygen atoms in total. The Morgan fingerprint density at radius 1 is 1.29 bits per heavy atom. The van der Waals surface area contributed by atoms with Crippen LogP contribution in [-0.4, -0.2) is 58.8 Å². The molecule has 2 aliphatic heterocycles. The number of likely N-dealkylation sites (tertiary alicyclic amines) is 1. The predicted octanol–water partition coefficient (Wildman–Crippen LogP) is 2.85. The number of carbonyl (C=O) groups is 1. The van der Waals surface area contributed by atoms with Gasteiger partial charge in [0.1, 0.15) is 5.82 Å². The fourth-order valence-corrected chi connectivity index (χ4v) is 4.34. The molecule has 1 aromatic heterocycles. The topological polar surface area (TPSA) is 77.2 Å². The lowest BCUT2D eigenvalue weighted by Gasteiger charge is -2.32. The van der Waals surface area contributed by atoms with E-state index < -0.39 is 0 Å².